The molecule has 104 valence electrons. The summed E-state index contributed by atoms with van der Waals surface area (Å²) in [5, 5.41) is 1.98. The maximum Gasteiger partial charge on any atom is 0.170 e. The molecule has 0 N–H and O–H groups in total. The minimum absolute atomic E-state index is 0.0233. The molecule has 0 aliphatic carbocycles. The highest BCUT2D eigenvalue weighted by atomic mass is 16.5. The number of carbonyl (C=O) groups excluding carboxylic acids is 2. The lowest BCUT2D eigenvalue weighted by atomic mass is 9.98. The zero-order valence-corrected chi connectivity index (χ0v) is 12.0. The molecule has 0 radical (unpaired) electrons. The number of ether oxygens (including phenoxy) is 1. The van der Waals surface area contributed by atoms with E-state index in [9.17, 15) is 9.59 Å². The predicted molar refractivity (Wildman–Crippen MR) is 79.3 cm³/mol. The van der Waals surface area contributed by atoms with E-state index < -0.39 is 0 Å². The highest BCUT2D eigenvalue weighted by Gasteiger charge is 2.14. The number of hydrogen-bond donors (Lipinski definition) is 0. The van der Waals surface area contributed by atoms with Gasteiger partial charge in [0.1, 0.15) is 11.5 Å². The molecule has 2 aromatic rings. The Balaban J connectivity index is 2.27. The molecule has 2 aromatic carbocycles. The van der Waals surface area contributed by atoms with Crippen LogP contribution < -0.4 is 4.74 Å². The fourth-order valence-corrected chi connectivity index (χ4v) is 1.99. The summed E-state index contributed by atoms with van der Waals surface area (Å²) in [7, 11) is 1.62. The molecule has 3 heteroatoms. The van der Waals surface area contributed by atoms with E-state index in [0.29, 0.717) is 5.56 Å². The van der Waals surface area contributed by atoms with E-state index in [1.165, 1.54) is 0 Å². The first-order valence-corrected chi connectivity index (χ1v) is 6.65. The van der Waals surface area contributed by atoms with Crippen molar-refractivity contribution in [2.45, 2.75) is 20.3 Å². The van der Waals surface area contributed by atoms with Crippen molar-refractivity contribution in [1.29, 1.82) is 0 Å². The van der Waals surface area contributed by atoms with Crippen LogP contribution in [0.4, 0.5) is 0 Å². The van der Waals surface area contributed by atoms with Crippen LogP contribution in [0.1, 0.15) is 30.6 Å². The van der Waals surface area contributed by atoms with Crippen LogP contribution in [-0.4, -0.2) is 18.7 Å². The van der Waals surface area contributed by atoms with Gasteiger partial charge in [0.15, 0.2) is 5.78 Å². The van der Waals surface area contributed by atoms with Crippen molar-refractivity contribution < 1.29 is 14.3 Å². The second-order valence-electron chi connectivity index (χ2n) is 5.15. The molecule has 0 unspecified atom stereocenters. The van der Waals surface area contributed by atoms with Crippen molar-refractivity contribution in [2.75, 3.05) is 7.11 Å². The van der Waals surface area contributed by atoms with Gasteiger partial charge in [-0.15, -0.1) is 0 Å². The van der Waals surface area contributed by atoms with Gasteiger partial charge in [0.05, 0.1) is 13.5 Å². The average Bonchev–Trinajstić information content (AvgIpc) is 2.45. The quantitative estimate of drug-likeness (QED) is 0.615. The van der Waals surface area contributed by atoms with E-state index in [1.54, 1.807) is 13.2 Å². The maximum absolute atomic E-state index is 12.1. The third kappa shape index (κ3) is 3.05. The fraction of sp³-hybridized carbons (Fsp3) is 0.294. The highest BCUT2D eigenvalue weighted by Crippen LogP contribution is 2.22. The Kier molecular flexibility index (Phi) is 4.18. The van der Waals surface area contributed by atoms with E-state index in [0.717, 1.165) is 16.5 Å². The summed E-state index contributed by atoms with van der Waals surface area (Å²) in [5.74, 6) is 0.529. The molecule has 0 fully saturated rings. The van der Waals surface area contributed by atoms with Gasteiger partial charge in [0.25, 0.3) is 0 Å². The van der Waals surface area contributed by atoms with Gasteiger partial charge in [-0.1, -0.05) is 32.0 Å². The van der Waals surface area contributed by atoms with Crippen LogP contribution in [0.2, 0.25) is 0 Å². The van der Waals surface area contributed by atoms with Crippen molar-refractivity contribution in [3.8, 4) is 5.75 Å². The number of fused-ring (bicyclic) bond motifs is 1. The summed E-state index contributed by atoms with van der Waals surface area (Å²) in [6.07, 6.45) is -0.0284. The number of benzene rings is 2. The van der Waals surface area contributed by atoms with E-state index in [2.05, 4.69) is 0 Å². The number of rotatable bonds is 5. The van der Waals surface area contributed by atoms with Gasteiger partial charge in [-0.3, -0.25) is 9.59 Å². The van der Waals surface area contributed by atoms with Crippen molar-refractivity contribution in [1.82, 2.24) is 0 Å². The fourth-order valence-electron chi connectivity index (χ4n) is 1.99. The van der Waals surface area contributed by atoms with Gasteiger partial charge in [-0.05, 0) is 29.0 Å². The van der Waals surface area contributed by atoms with Crippen LogP contribution in [0.25, 0.3) is 10.8 Å². The van der Waals surface area contributed by atoms with Gasteiger partial charge in [0, 0.05) is 11.5 Å². The first-order valence-electron chi connectivity index (χ1n) is 6.65. The minimum atomic E-state index is -0.124. The lowest BCUT2D eigenvalue weighted by Crippen LogP contribution is -2.13. The van der Waals surface area contributed by atoms with Gasteiger partial charge >= 0.3 is 0 Å². The van der Waals surface area contributed by atoms with Crippen LogP contribution in [0.3, 0.4) is 0 Å². The molecule has 0 atom stereocenters. The van der Waals surface area contributed by atoms with Crippen molar-refractivity contribution in [3.63, 3.8) is 0 Å². The van der Waals surface area contributed by atoms with E-state index in [1.807, 2.05) is 44.2 Å². The monoisotopic (exact) mass is 270 g/mol. The van der Waals surface area contributed by atoms with Crippen LogP contribution in [0.15, 0.2) is 36.4 Å². The van der Waals surface area contributed by atoms with E-state index in [-0.39, 0.29) is 23.9 Å². The second-order valence-corrected chi connectivity index (χ2v) is 5.15. The first-order chi connectivity index (χ1) is 9.51. The molecule has 0 aromatic heterocycles. The number of hydrogen-bond acceptors (Lipinski definition) is 3. The molecular formula is C17H18O3. The number of methoxy groups -OCH3 is 1. The third-order valence-electron chi connectivity index (χ3n) is 3.35. The summed E-state index contributed by atoms with van der Waals surface area (Å²) in [4.78, 5) is 23.7. The summed E-state index contributed by atoms with van der Waals surface area (Å²) in [6.45, 7) is 3.62. The Morgan fingerprint density at radius 1 is 1.05 bits per heavy atom. The zero-order valence-electron chi connectivity index (χ0n) is 12.0. The maximum atomic E-state index is 12.1. The van der Waals surface area contributed by atoms with Crippen molar-refractivity contribution in [3.05, 3.63) is 42.0 Å². The summed E-state index contributed by atoms with van der Waals surface area (Å²) < 4.78 is 5.17. The van der Waals surface area contributed by atoms with Crippen LogP contribution in [-0.2, 0) is 4.79 Å². The molecule has 0 bridgehead atoms. The standard InChI is InChI=1S/C17H18O3/c1-11(2)16(18)10-17(19)14-5-4-13-9-15(20-3)7-6-12(13)8-14/h4-9,11H,10H2,1-3H3. The number of carbonyl (C=O) groups is 2. The smallest absolute Gasteiger partial charge is 0.170 e. The van der Waals surface area contributed by atoms with Gasteiger partial charge in [0.2, 0.25) is 0 Å². The lowest BCUT2D eigenvalue weighted by molar-refractivity contribution is -0.121. The molecule has 3 nitrogen and oxygen atoms in total. The molecule has 0 amide bonds. The average molecular weight is 270 g/mol. The molecule has 0 saturated heterocycles. The molecular weight excluding hydrogens is 252 g/mol. The molecule has 0 spiro atoms. The lowest BCUT2D eigenvalue weighted by Gasteiger charge is -2.06. The third-order valence-corrected chi connectivity index (χ3v) is 3.35. The van der Waals surface area contributed by atoms with Crippen LogP contribution in [0, 0.1) is 5.92 Å². The highest BCUT2D eigenvalue weighted by molar-refractivity contribution is 6.09. The number of Topliss-reactive ketones (excluding diaryl/α,β-unsaturated/α-hetero) is 2. The molecule has 2 rings (SSSR count). The van der Waals surface area contributed by atoms with E-state index >= 15 is 0 Å². The van der Waals surface area contributed by atoms with Crippen LogP contribution >= 0.6 is 0 Å². The molecule has 0 saturated carbocycles. The van der Waals surface area contributed by atoms with Crippen molar-refractivity contribution >= 4 is 22.3 Å². The summed E-state index contributed by atoms with van der Waals surface area (Å²) >= 11 is 0. The predicted octanol–water partition coefficient (Wildman–Crippen LogP) is 3.65. The first kappa shape index (κ1) is 14.3. The van der Waals surface area contributed by atoms with Gasteiger partial charge < -0.3 is 4.74 Å². The Morgan fingerprint density at radius 2 is 1.70 bits per heavy atom. The Labute approximate surface area is 118 Å². The SMILES string of the molecule is COc1ccc2cc(C(=O)CC(=O)C(C)C)ccc2c1. The second kappa shape index (κ2) is 5.87. The minimum Gasteiger partial charge on any atom is -0.497 e. The largest absolute Gasteiger partial charge is 0.497 e. The zero-order chi connectivity index (χ0) is 14.7. The normalized spacial score (nSPS) is 10.8. The van der Waals surface area contributed by atoms with E-state index in [4.69, 9.17) is 4.74 Å². The number of ketones is 2. The molecule has 20 heavy (non-hydrogen) atoms. The summed E-state index contributed by atoms with van der Waals surface area (Å²) in [6, 6.07) is 11.2. The van der Waals surface area contributed by atoms with Crippen molar-refractivity contribution in [2.24, 2.45) is 5.92 Å². The van der Waals surface area contributed by atoms with Gasteiger partial charge in [-0.25, -0.2) is 0 Å². The Bertz CT molecular complexity index is 656. The molecule has 0 aliphatic rings. The van der Waals surface area contributed by atoms with Gasteiger partial charge in [-0.2, -0.15) is 0 Å². The molecule has 0 aliphatic heterocycles. The Hall–Kier alpha value is -2.16. The topological polar surface area (TPSA) is 43.4 Å². The van der Waals surface area contributed by atoms with Crippen LogP contribution in [0.5, 0.6) is 5.75 Å². The summed E-state index contributed by atoms with van der Waals surface area (Å²) in [5.41, 5.74) is 0.580. The Morgan fingerprint density at radius 3 is 2.35 bits per heavy atom. The molecule has 0 heterocycles.